The van der Waals surface area contributed by atoms with Gasteiger partial charge in [-0.25, -0.2) is 4.79 Å². The molecule has 2 rings (SSSR count). The van der Waals surface area contributed by atoms with E-state index < -0.39 is 0 Å². The number of hydrogen-bond donors (Lipinski definition) is 2. The molecule has 2 aromatic rings. The second kappa shape index (κ2) is 2.64. The zero-order valence-electron chi connectivity index (χ0n) is 6.39. The van der Waals surface area contributed by atoms with Crippen LogP contribution in [0.15, 0.2) is 16.9 Å². The lowest BCUT2D eigenvalue weighted by Crippen LogP contribution is -1.99. The summed E-state index contributed by atoms with van der Waals surface area (Å²) in [4.78, 5) is 15.9. The molecule has 0 atom stereocenters. The fourth-order valence-corrected chi connectivity index (χ4v) is 1.39. The van der Waals surface area contributed by atoms with E-state index in [4.69, 9.17) is 16.9 Å². The van der Waals surface area contributed by atoms with E-state index in [1.165, 1.54) is 0 Å². The van der Waals surface area contributed by atoms with Crippen LogP contribution in [0, 0.1) is 11.3 Å². The SMILES string of the molecule is N#Cc1ccc(Cl)c2[nH]c(=O)[nH]c12. The predicted molar refractivity (Wildman–Crippen MR) is 48.6 cm³/mol. The van der Waals surface area contributed by atoms with Gasteiger partial charge in [0.2, 0.25) is 0 Å². The van der Waals surface area contributed by atoms with Crippen LogP contribution in [0.1, 0.15) is 5.56 Å². The van der Waals surface area contributed by atoms with Crippen LogP contribution in [0.25, 0.3) is 11.0 Å². The van der Waals surface area contributed by atoms with Crippen molar-refractivity contribution in [1.29, 1.82) is 5.26 Å². The lowest BCUT2D eigenvalue weighted by molar-refractivity contribution is 1.21. The van der Waals surface area contributed by atoms with Gasteiger partial charge in [0.15, 0.2) is 0 Å². The standard InChI is InChI=1S/C8H4ClN3O/c9-5-2-1-4(3-10)6-7(5)12-8(13)11-6/h1-2H,(H2,11,12,13). The Morgan fingerprint density at radius 1 is 1.31 bits per heavy atom. The van der Waals surface area contributed by atoms with Gasteiger partial charge in [0.25, 0.3) is 0 Å². The number of nitrogens with one attached hydrogen (secondary N) is 2. The molecule has 0 aliphatic carbocycles. The van der Waals surface area contributed by atoms with E-state index in [-0.39, 0.29) is 5.69 Å². The van der Waals surface area contributed by atoms with Crippen molar-refractivity contribution in [2.24, 2.45) is 0 Å². The molecule has 0 aliphatic heterocycles. The molecule has 0 fully saturated rings. The molecule has 4 nitrogen and oxygen atoms in total. The summed E-state index contributed by atoms with van der Waals surface area (Å²) in [6, 6.07) is 5.10. The lowest BCUT2D eigenvalue weighted by atomic mass is 10.2. The summed E-state index contributed by atoms with van der Waals surface area (Å²) in [5.41, 5.74) is 0.975. The normalized spacial score (nSPS) is 10.2. The van der Waals surface area contributed by atoms with Crippen LogP contribution in [0.2, 0.25) is 5.02 Å². The Morgan fingerprint density at radius 3 is 2.69 bits per heavy atom. The van der Waals surface area contributed by atoms with Crippen LogP contribution in [-0.2, 0) is 0 Å². The first-order chi connectivity index (χ1) is 6.22. The Labute approximate surface area is 77.8 Å². The summed E-state index contributed by atoms with van der Waals surface area (Å²) in [6.07, 6.45) is 0. The zero-order valence-corrected chi connectivity index (χ0v) is 7.14. The van der Waals surface area contributed by atoms with Gasteiger partial charge in [-0.2, -0.15) is 5.26 Å². The third-order valence-corrected chi connectivity index (χ3v) is 2.07. The van der Waals surface area contributed by atoms with Crippen molar-refractivity contribution < 1.29 is 0 Å². The van der Waals surface area contributed by atoms with Crippen LogP contribution in [-0.4, -0.2) is 9.97 Å². The number of fused-ring (bicyclic) bond motifs is 1. The summed E-state index contributed by atoms with van der Waals surface area (Å²) >= 11 is 5.80. The molecule has 64 valence electrons. The van der Waals surface area contributed by atoms with Crippen LogP contribution < -0.4 is 5.69 Å². The van der Waals surface area contributed by atoms with Crippen molar-refractivity contribution in [3.63, 3.8) is 0 Å². The molecule has 5 heteroatoms. The van der Waals surface area contributed by atoms with E-state index in [1.807, 2.05) is 6.07 Å². The quantitative estimate of drug-likeness (QED) is 0.664. The maximum atomic E-state index is 10.9. The zero-order chi connectivity index (χ0) is 9.42. The minimum atomic E-state index is -0.361. The van der Waals surface area contributed by atoms with Crippen LogP contribution in [0.3, 0.4) is 0 Å². The molecule has 13 heavy (non-hydrogen) atoms. The molecule has 1 heterocycles. The molecule has 2 N–H and O–H groups in total. The molecule has 0 saturated carbocycles. The Bertz CT molecular complexity index is 561. The highest BCUT2D eigenvalue weighted by atomic mass is 35.5. The number of nitrogens with zero attached hydrogens (tertiary/aromatic N) is 1. The minimum absolute atomic E-state index is 0.361. The fourth-order valence-electron chi connectivity index (χ4n) is 1.18. The molecule has 0 bridgehead atoms. The Kier molecular flexibility index (Phi) is 1.61. The van der Waals surface area contributed by atoms with Crippen molar-refractivity contribution in [3.8, 4) is 6.07 Å². The number of imidazole rings is 1. The van der Waals surface area contributed by atoms with E-state index in [0.717, 1.165) is 0 Å². The average molecular weight is 194 g/mol. The van der Waals surface area contributed by atoms with Gasteiger partial charge in [-0.3, -0.25) is 0 Å². The van der Waals surface area contributed by atoms with Gasteiger partial charge in [0.05, 0.1) is 21.6 Å². The van der Waals surface area contributed by atoms with Crippen LogP contribution in [0.5, 0.6) is 0 Å². The number of aromatic amines is 2. The summed E-state index contributed by atoms with van der Waals surface area (Å²) in [7, 11) is 0. The number of H-pyrrole nitrogens is 2. The lowest BCUT2D eigenvalue weighted by Gasteiger charge is -1.93. The van der Waals surface area contributed by atoms with Gasteiger partial charge in [0.1, 0.15) is 6.07 Å². The molecule has 0 unspecified atom stereocenters. The predicted octanol–water partition coefficient (Wildman–Crippen LogP) is 1.38. The van der Waals surface area contributed by atoms with Gasteiger partial charge >= 0.3 is 5.69 Å². The van der Waals surface area contributed by atoms with Crippen molar-refractivity contribution >= 4 is 22.6 Å². The van der Waals surface area contributed by atoms with Crippen molar-refractivity contribution in [3.05, 3.63) is 33.2 Å². The smallest absolute Gasteiger partial charge is 0.305 e. The second-order valence-electron chi connectivity index (χ2n) is 2.54. The van der Waals surface area contributed by atoms with E-state index in [2.05, 4.69) is 9.97 Å². The number of rotatable bonds is 0. The number of halogens is 1. The molecule has 1 aromatic heterocycles. The van der Waals surface area contributed by atoms with Crippen LogP contribution in [0.4, 0.5) is 0 Å². The van der Waals surface area contributed by atoms with Crippen LogP contribution >= 0.6 is 11.6 Å². The first-order valence-corrected chi connectivity index (χ1v) is 3.91. The molecule has 1 aromatic carbocycles. The van der Waals surface area contributed by atoms with E-state index >= 15 is 0 Å². The third-order valence-electron chi connectivity index (χ3n) is 1.75. The van der Waals surface area contributed by atoms with Crippen molar-refractivity contribution in [2.75, 3.05) is 0 Å². The molecular formula is C8H4ClN3O. The van der Waals surface area contributed by atoms with Gasteiger partial charge in [0, 0.05) is 0 Å². The highest BCUT2D eigenvalue weighted by molar-refractivity contribution is 6.35. The highest BCUT2D eigenvalue weighted by Gasteiger charge is 2.06. The number of aromatic nitrogens is 2. The summed E-state index contributed by atoms with van der Waals surface area (Å²) in [6.45, 7) is 0. The second-order valence-corrected chi connectivity index (χ2v) is 2.94. The van der Waals surface area contributed by atoms with Crippen molar-refractivity contribution in [2.45, 2.75) is 0 Å². The number of nitriles is 1. The number of benzene rings is 1. The van der Waals surface area contributed by atoms with Gasteiger partial charge in [-0.15, -0.1) is 0 Å². The van der Waals surface area contributed by atoms with Gasteiger partial charge in [-0.05, 0) is 12.1 Å². The van der Waals surface area contributed by atoms with E-state index in [1.54, 1.807) is 12.1 Å². The summed E-state index contributed by atoms with van der Waals surface area (Å²) < 4.78 is 0. The monoisotopic (exact) mass is 193 g/mol. The number of hydrogen-bond acceptors (Lipinski definition) is 2. The van der Waals surface area contributed by atoms with Crippen molar-refractivity contribution in [1.82, 2.24) is 9.97 Å². The van der Waals surface area contributed by atoms with E-state index in [9.17, 15) is 4.79 Å². The first-order valence-electron chi connectivity index (χ1n) is 3.53. The molecule has 0 radical (unpaired) electrons. The molecule has 0 spiro atoms. The molecule has 0 aliphatic rings. The average Bonchev–Trinajstić information content (AvgIpc) is 2.48. The Morgan fingerprint density at radius 2 is 2.00 bits per heavy atom. The minimum Gasteiger partial charge on any atom is -0.305 e. The van der Waals surface area contributed by atoms with E-state index in [0.29, 0.717) is 21.6 Å². The highest BCUT2D eigenvalue weighted by Crippen LogP contribution is 2.21. The fraction of sp³-hybridized carbons (Fsp3) is 0. The maximum absolute atomic E-state index is 10.9. The topological polar surface area (TPSA) is 72.4 Å². The van der Waals surface area contributed by atoms with Gasteiger partial charge < -0.3 is 9.97 Å². The summed E-state index contributed by atoms with van der Waals surface area (Å²) in [5.74, 6) is 0. The largest absolute Gasteiger partial charge is 0.323 e. The summed E-state index contributed by atoms with van der Waals surface area (Å²) in [5, 5.41) is 9.13. The molecular weight excluding hydrogens is 190 g/mol. The maximum Gasteiger partial charge on any atom is 0.323 e. The molecule has 0 saturated heterocycles. The third kappa shape index (κ3) is 1.10. The molecule has 0 amide bonds. The first kappa shape index (κ1) is 7.90. The Balaban J connectivity index is 3.02. The Hall–Kier alpha value is -1.73. The van der Waals surface area contributed by atoms with Gasteiger partial charge in [-0.1, -0.05) is 11.6 Å².